The van der Waals surface area contributed by atoms with Crippen molar-refractivity contribution in [1.29, 1.82) is 0 Å². The van der Waals surface area contributed by atoms with Gasteiger partial charge in [-0.2, -0.15) is 0 Å². The van der Waals surface area contributed by atoms with Crippen molar-refractivity contribution < 1.29 is 29.2 Å². The first-order valence-electron chi connectivity index (χ1n) is 12.1. The second-order valence-electron chi connectivity index (χ2n) is 9.74. The van der Waals surface area contributed by atoms with Crippen LogP contribution in [0.5, 0.6) is 0 Å². The monoisotopic (exact) mass is 487 g/mol. The van der Waals surface area contributed by atoms with Crippen LogP contribution in [0.25, 0.3) is 17.2 Å². The number of carboxylic acids is 1. The Balaban J connectivity index is 2.72. The summed E-state index contributed by atoms with van der Waals surface area (Å²) in [6.45, 7) is 12.5. The molecule has 6 nitrogen and oxygen atoms in total. The number of aromatic nitrogens is 1. The maximum Gasteiger partial charge on any atom is 0.305 e. The van der Waals surface area contributed by atoms with Crippen molar-refractivity contribution in [2.75, 3.05) is 0 Å². The first-order valence-corrected chi connectivity index (χ1v) is 12.1. The number of aliphatic carboxylic acids is 1. The van der Waals surface area contributed by atoms with Crippen LogP contribution in [0, 0.1) is 5.82 Å². The molecule has 0 bridgehead atoms. The molecule has 0 saturated heterocycles. The van der Waals surface area contributed by atoms with Gasteiger partial charge in [-0.25, -0.2) is 4.39 Å². The fourth-order valence-corrected chi connectivity index (χ4v) is 3.95. The molecule has 3 N–H and O–H groups in total. The Bertz CT molecular complexity index is 1010. The summed E-state index contributed by atoms with van der Waals surface area (Å²) >= 11 is 0. The lowest BCUT2D eigenvalue weighted by Crippen LogP contribution is -2.19. The summed E-state index contributed by atoms with van der Waals surface area (Å²) in [5.74, 6) is -1.29. The lowest BCUT2D eigenvalue weighted by molar-refractivity contribution is -0.139. The first kappa shape index (κ1) is 28.6. The number of halogens is 1. The van der Waals surface area contributed by atoms with Crippen LogP contribution in [0.3, 0.4) is 0 Å². The van der Waals surface area contributed by atoms with Crippen molar-refractivity contribution >= 4 is 12.0 Å². The summed E-state index contributed by atoms with van der Waals surface area (Å²) < 4.78 is 19.8. The van der Waals surface area contributed by atoms with Gasteiger partial charge in [-0.3, -0.25) is 9.78 Å². The molecule has 2 aromatic rings. The van der Waals surface area contributed by atoms with Crippen LogP contribution < -0.4 is 0 Å². The number of aliphatic hydroxyl groups is 2. The molecule has 0 aliphatic heterocycles. The fraction of sp³-hybridized carbons (Fsp3) is 0.500. The zero-order valence-corrected chi connectivity index (χ0v) is 21.5. The minimum absolute atomic E-state index is 0.00241. The van der Waals surface area contributed by atoms with Gasteiger partial charge in [0.25, 0.3) is 0 Å². The van der Waals surface area contributed by atoms with Crippen LogP contribution in [0.2, 0.25) is 0 Å². The quantitative estimate of drug-likeness (QED) is 0.357. The van der Waals surface area contributed by atoms with E-state index in [2.05, 4.69) is 13.8 Å². The molecule has 2 rings (SSSR count). The number of ether oxygens (including phenoxy) is 1. The lowest BCUT2D eigenvalue weighted by atomic mass is 9.87. The number of nitrogens with zero attached hydrogens (tertiary/aromatic N) is 1. The average Bonchev–Trinajstić information content (AvgIpc) is 2.75. The van der Waals surface area contributed by atoms with Gasteiger partial charge in [-0.15, -0.1) is 0 Å². The molecule has 2 unspecified atom stereocenters. The van der Waals surface area contributed by atoms with Gasteiger partial charge < -0.3 is 20.1 Å². The van der Waals surface area contributed by atoms with E-state index in [9.17, 15) is 19.4 Å². The number of hydrogen-bond donors (Lipinski definition) is 3. The van der Waals surface area contributed by atoms with E-state index in [-0.39, 0.29) is 30.2 Å². The van der Waals surface area contributed by atoms with E-state index < -0.39 is 24.6 Å². The van der Waals surface area contributed by atoms with E-state index in [1.807, 2.05) is 27.7 Å². The van der Waals surface area contributed by atoms with Crippen LogP contribution in [0.4, 0.5) is 4.39 Å². The van der Waals surface area contributed by atoms with Crippen molar-refractivity contribution in [3.05, 3.63) is 58.7 Å². The summed E-state index contributed by atoms with van der Waals surface area (Å²) in [5.41, 5.74) is 5.09. The van der Waals surface area contributed by atoms with Gasteiger partial charge in [0.05, 0.1) is 37.0 Å². The van der Waals surface area contributed by atoms with Crippen LogP contribution in [-0.4, -0.2) is 44.6 Å². The molecule has 1 aromatic heterocycles. The van der Waals surface area contributed by atoms with Crippen LogP contribution in [0.15, 0.2) is 30.3 Å². The van der Waals surface area contributed by atoms with Gasteiger partial charge in [-0.1, -0.05) is 52.0 Å². The van der Waals surface area contributed by atoms with E-state index in [1.165, 1.54) is 12.1 Å². The number of hydrogen-bond acceptors (Lipinski definition) is 5. The molecule has 35 heavy (non-hydrogen) atoms. The molecular weight excluding hydrogens is 449 g/mol. The summed E-state index contributed by atoms with van der Waals surface area (Å²) in [6.07, 6.45) is 0.551. The summed E-state index contributed by atoms with van der Waals surface area (Å²) in [6, 6.07) is 6.28. The smallest absolute Gasteiger partial charge is 0.305 e. The Morgan fingerprint density at radius 3 is 2.14 bits per heavy atom. The second kappa shape index (κ2) is 12.9. The van der Waals surface area contributed by atoms with E-state index in [0.717, 1.165) is 33.6 Å². The van der Waals surface area contributed by atoms with Gasteiger partial charge in [0.15, 0.2) is 0 Å². The van der Waals surface area contributed by atoms with Crippen molar-refractivity contribution in [2.24, 2.45) is 0 Å². The number of aliphatic hydroxyl groups excluding tert-OH is 2. The Morgan fingerprint density at radius 2 is 1.63 bits per heavy atom. The third-order valence-electron chi connectivity index (χ3n) is 5.59. The topological polar surface area (TPSA) is 99.9 Å². The zero-order chi connectivity index (χ0) is 26.3. The molecule has 192 valence electrons. The molecule has 1 heterocycles. The van der Waals surface area contributed by atoms with E-state index in [0.29, 0.717) is 6.61 Å². The molecule has 0 spiro atoms. The second-order valence-corrected chi connectivity index (χ2v) is 9.74. The predicted octanol–water partition coefficient (Wildman–Crippen LogP) is 5.66. The summed E-state index contributed by atoms with van der Waals surface area (Å²) in [4.78, 5) is 15.9. The molecule has 0 aliphatic rings. The minimum atomic E-state index is -1.16. The van der Waals surface area contributed by atoms with Crippen LogP contribution in [0.1, 0.15) is 88.7 Å². The molecule has 0 amide bonds. The Kier molecular flexibility index (Phi) is 10.6. The molecule has 1 aromatic carbocycles. The molecule has 0 aliphatic carbocycles. The molecule has 0 fully saturated rings. The first-order chi connectivity index (χ1) is 16.4. The summed E-state index contributed by atoms with van der Waals surface area (Å²) in [5, 5.41) is 29.3. The largest absolute Gasteiger partial charge is 0.481 e. The Morgan fingerprint density at radius 1 is 1.03 bits per heavy atom. The van der Waals surface area contributed by atoms with Gasteiger partial charge in [0, 0.05) is 23.2 Å². The SMILES string of the molecule is CC(C)OCc1c(C(C)C)nc(C(C)C)c(/C=C/C(O)CC(O)CC(=O)O)c1-c1ccc(F)cc1. The average molecular weight is 488 g/mol. The van der Waals surface area contributed by atoms with Crippen molar-refractivity contribution in [3.8, 4) is 11.1 Å². The van der Waals surface area contributed by atoms with Gasteiger partial charge in [0.2, 0.25) is 0 Å². The Labute approximate surface area is 207 Å². The van der Waals surface area contributed by atoms with Crippen molar-refractivity contribution in [1.82, 2.24) is 4.98 Å². The number of benzene rings is 1. The summed E-state index contributed by atoms with van der Waals surface area (Å²) in [7, 11) is 0. The number of carbonyl (C=O) groups is 1. The molecular formula is C28H38FNO5. The highest BCUT2D eigenvalue weighted by atomic mass is 19.1. The van der Waals surface area contributed by atoms with Gasteiger partial charge >= 0.3 is 5.97 Å². The number of pyridine rings is 1. The van der Waals surface area contributed by atoms with E-state index in [4.69, 9.17) is 14.8 Å². The fourth-order valence-electron chi connectivity index (χ4n) is 3.95. The van der Waals surface area contributed by atoms with Crippen LogP contribution in [-0.2, 0) is 16.1 Å². The lowest BCUT2D eigenvalue weighted by Gasteiger charge is -2.24. The van der Waals surface area contributed by atoms with Crippen molar-refractivity contribution in [3.63, 3.8) is 0 Å². The van der Waals surface area contributed by atoms with Gasteiger partial charge in [-0.05, 0) is 48.9 Å². The standard InChI is InChI=1S/C28H38FNO5/c1-16(2)27-23(12-11-21(31)13-22(32)14-25(33)34)26(19-7-9-20(29)10-8-19)24(15-35-18(5)6)28(30-27)17(3)4/h7-12,16-18,21-22,31-32H,13-15H2,1-6H3,(H,33,34)/b12-11+. The third kappa shape index (κ3) is 8.23. The molecule has 0 radical (unpaired) electrons. The van der Waals surface area contributed by atoms with Crippen molar-refractivity contribution in [2.45, 2.75) is 91.1 Å². The minimum Gasteiger partial charge on any atom is -0.481 e. The highest BCUT2D eigenvalue weighted by Gasteiger charge is 2.23. The van der Waals surface area contributed by atoms with E-state index in [1.54, 1.807) is 24.3 Å². The molecule has 0 saturated carbocycles. The zero-order valence-electron chi connectivity index (χ0n) is 21.5. The number of carboxylic acid groups (broad SMARTS) is 1. The molecule has 7 heteroatoms. The maximum atomic E-state index is 13.8. The maximum absolute atomic E-state index is 13.8. The van der Waals surface area contributed by atoms with Crippen LogP contribution >= 0.6 is 0 Å². The van der Waals surface area contributed by atoms with Gasteiger partial charge in [0.1, 0.15) is 5.82 Å². The number of rotatable bonds is 12. The Hall–Kier alpha value is -2.61. The normalized spacial score (nSPS) is 13.8. The predicted molar refractivity (Wildman–Crippen MR) is 136 cm³/mol. The van der Waals surface area contributed by atoms with E-state index >= 15 is 0 Å². The third-order valence-corrected chi connectivity index (χ3v) is 5.59. The highest BCUT2D eigenvalue weighted by Crippen LogP contribution is 2.38. The molecule has 2 atom stereocenters. The highest BCUT2D eigenvalue weighted by molar-refractivity contribution is 5.80.